The summed E-state index contributed by atoms with van der Waals surface area (Å²) in [6, 6.07) is 0. The van der Waals surface area contributed by atoms with Crippen LogP contribution in [-0.2, 0) is 4.79 Å². The van der Waals surface area contributed by atoms with Gasteiger partial charge < -0.3 is 14.9 Å². The van der Waals surface area contributed by atoms with E-state index in [-0.39, 0.29) is 6.42 Å². The van der Waals surface area contributed by atoms with Crippen molar-refractivity contribution in [1.29, 1.82) is 0 Å². The van der Waals surface area contributed by atoms with Gasteiger partial charge in [0, 0.05) is 18.3 Å². The van der Waals surface area contributed by atoms with Crippen LogP contribution in [0.2, 0.25) is 0 Å². The molecule has 0 saturated carbocycles. The lowest BCUT2D eigenvalue weighted by Gasteiger charge is -2.32. The van der Waals surface area contributed by atoms with Crippen LogP contribution in [0.3, 0.4) is 0 Å². The molecule has 1 rings (SSSR count). The van der Waals surface area contributed by atoms with Crippen LogP contribution in [0, 0.1) is 0 Å². The number of likely N-dealkylation sites (tertiary alicyclic amines) is 1. The summed E-state index contributed by atoms with van der Waals surface area (Å²) in [5.74, 6) is 0.533. The zero-order valence-corrected chi connectivity index (χ0v) is 12.4. The van der Waals surface area contributed by atoms with Gasteiger partial charge in [0.05, 0.1) is 6.42 Å². The lowest BCUT2D eigenvalue weighted by molar-refractivity contribution is -0.137. The third kappa shape index (κ3) is 7.24. The van der Waals surface area contributed by atoms with E-state index in [0.29, 0.717) is 11.8 Å². The molecule has 1 saturated heterocycles. The average Bonchev–Trinajstić information content (AvgIpc) is 2.32. The van der Waals surface area contributed by atoms with Crippen LogP contribution in [0.1, 0.15) is 25.7 Å². The van der Waals surface area contributed by atoms with Gasteiger partial charge in [0.15, 0.2) is 0 Å². The third-order valence-corrected chi connectivity index (χ3v) is 4.59. The molecule has 1 aliphatic heterocycles. The maximum Gasteiger partial charge on any atom is 0.304 e. The van der Waals surface area contributed by atoms with Crippen molar-refractivity contribution in [2.45, 2.75) is 30.9 Å². The Morgan fingerprint density at radius 1 is 1.50 bits per heavy atom. The molecule has 1 heterocycles. The van der Waals surface area contributed by atoms with Crippen LogP contribution in [-0.4, -0.2) is 72.2 Å². The van der Waals surface area contributed by atoms with Gasteiger partial charge in [-0.05, 0) is 52.2 Å². The van der Waals surface area contributed by atoms with E-state index in [4.69, 9.17) is 5.11 Å². The highest BCUT2D eigenvalue weighted by Gasteiger charge is 2.20. The number of nitrogens with zero attached hydrogens (tertiary/aromatic N) is 2. The number of carboxylic acid groups (broad SMARTS) is 1. The molecule has 0 amide bonds. The Labute approximate surface area is 115 Å². The second-order valence-electron chi connectivity index (χ2n) is 5.24. The summed E-state index contributed by atoms with van der Waals surface area (Å²) >= 11 is 2.06. The highest BCUT2D eigenvalue weighted by molar-refractivity contribution is 7.99. The smallest absolute Gasteiger partial charge is 0.304 e. The molecule has 4 nitrogen and oxygen atoms in total. The van der Waals surface area contributed by atoms with Gasteiger partial charge in [0.2, 0.25) is 0 Å². The SMILES string of the molecule is CN(C)CCCSC1CCCN(CCC(=O)O)C1. The second-order valence-corrected chi connectivity index (χ2v) is 6.64. The van der Waals surface area contributed by atoms with Gasteiger partial charge in [-0.1, -0.05) is 0 Å². The van der Waals surface area contributed by atoms with Crippen molar-refractivity contribution in [3.05, 3.63) is 0 Å². The maximum atomic E-state index is 10.6. The summed E-state index contributed by atoms with van der Waals surface area (Å²) < 4.78 is 0. The van der Waals surface area contributed by atoms with Crippen LogP contribution in [0.4, 0.5) is 0 Å². The predicted octanol–water partition coefficient (Wildman–Crippen LogP) is 1.61. The van der Waals surface area contributed by atoms with Gasteiger partial charge >= 0.3 is 5.97 Å². The van der Waals surface area contributed by atoms with Crippen molar-refractivity contribution in [3.8, 4) is 0 Å². The molecule has 0 aliphatic carbocycles. The Morgan fingerprint density at radius 3 is 2.94 bits per heavy atom. The Hall–Kier alpha value is -0.260. The second kappa shape index (κ2) is 8.77. The number of rotatable bonds is 8. The van der Waals surface area contributed by atoms with Crippen LogP contribution in [0.15, 0.2) is 0 Å². The number of thioether (sulfide) groups is 1. The summed E-state index contributed by atoms with van der Waals surface area (Å²) in [4.78, 5) is 15.1. The summed E-state index contributed by atoms with van der Waals surface area (Å²) in [6.07, 6.45) is 4.02. The van der Waals surface area contributed by atoms with Crippen molar-refractivity contribution in [2.75, 3.05) is 46.0 Å². The number of aliphatic carboxylic acids is 1. The molecule has 0 aromatic rings. The first kappa shape index (κ1) is 15.8. The molecule has 0 aromatic carbocycles. The molecule has 18 heavy (non-hydrogen) atoms. The Morgan fingerprint density at radius 2 is 2.28 bits per heavy atom. The number of piperidine rings is 1. The van der Waals surface area contributed by atoms with E-state index < -0.39 is 5.97 Å². The van der Waals surface area contributed by atoms with Gasteiger partial charge in [-0.3, -0.25) is 4.79 Å². The summed E-state index contributed by atoms with van der Waals surface area (Å²) in [7, 11) is 4.22. The highest BCUT2D eigenvalue weighted by Crippen LogP contribution is 2.23. The van der Waals surface area contributed by atoms with Crippen LogP contribution < -0.4 is 0 Å². The Balaban J connectivity index is 2.12. The van der Waals surface area contributed by atoms with E-state index in [1.165, 1.54) is 25.0 Å². The number of carboxylic acids is 1. The molecular weight excluding hydrogens is 248 g/mol. The van der Waals surface area contributed by atoms with E-state index >= 15 is 0 Å². The fourth-order valence-corrected chi connectivity index (χ4v) is 3.52. The van der Waals surface area contributed by atoms with Crippen molar-refractivity contribution in [3.63, 3.8) is 0 Å². The normalized spacial score (nSPS) is 21.4. The monoisotopic (exact) mass is 274 g/mol. The van der Waals surface area contributed by atoms with Crippen molar-refractivity contribution in [1.82, 2.24) is 9.80 Å². The van der Waals surface area contributed by atoms with E-state index in [2.05, 4.69) is 35.7 Å². The summed E-state index contributed by atoms with van der Waals surface area (Å²) in [5, 5.41) is 9.40. The quantitative estimate of drug-likeness (QED) is 0.681. The van der Waals surface area contributed by atoms with Gasteiger partial charge in [0.1, 0.15) is 0 Å². The molecule has 1 fully saturated rings. The fourth-order valence-electron chi connectivity index (χ4n) is 2.24. The molecule has 1 unspecified atom stereocenters. The van der Waals surface area contributed by atoms with Crippen molar-refractivity contribution in [2.24, 2.45) is 0 Å². The minimum Gasteiger partial charge on any atom is -0.481 e. The molecule has 1 atom stereocenters. The molecule has 1 aliphatic rings. The summed E-state index contributed by atoms with van der Waals surface area (Å²) in [5.41, 5.74) is 0. The lowest BCUT2D eigenvalue weighted by Crippen LogP contribution is -2.38. The summed E-state index contributed by atoms with van der Waals surface area (Å²) in [6.45, 7) is 4.01. The molecule has 0 aromatic heterocycles. The van der Waals surface area contributed by atoms with Crippen LogP contribution in [0.25, 0.3) is 0 Å². The minimum atomic E-state index is -0.684. The minimum absolute atomic E-state index is 0.276. The Bertz CT molecular complexity index is 249. The van der Waals surface area contributed by atoms with Crippen LogP contribution >= 0.6 is 11.8 Å². The largest absolute Gasteiger partial charge is 0.481 e. The molecule has 106 valence electrons. The first-order valence-electron chi connectivity index (χ1n) is 6.78. The standard InChI is InChI=1S/C13H26N2O2S/c1-14(2)7-4-10-18-12-5-3-8-15(11-12)9-6-13(16)17/h12H,3-11H2,1-2H3,(H,16,17). The Kier molecular flexibility index (Phi) is 7.70. The third-order valence-electron chi connectivity index (χ3n) is 3.21. The van der Waals surface area contributed by atoms with E-state index in [0.717, 1.165) is 19.6 Å². The van der Waals surface area contributed by atoms with Gasteiger partial charge in [-0.25, -0.2) is 0 Å². The fraction of sp³-hybridized carbons (Fsp3) is 0.923. The topological polar surface area (TPSA) is 43.8 Å². The first-order chi connectivity index (χ1) is 8.58. The number of hydrogen-bond donors (Lipinski definition) is 1. The molecule has 0 spiro atoms. The van der Waals surface area contributed by atoms with Gasteiger partial charge in [-0.2, -0.15) is 11.8 Å². The van der Waals surface area contributed by atoms with E-state index in [9.17, 15) is 4.79 Å². The van der Waals surface area contributed by atoms with E-state index in [1.54, 1.807) is 0 Å². The maximum absolute atomic E-state index is 10.6. The van der Waals surface area contributed by atoms with E-state index in [1.807, 2.05) is 0 Å². The van der Waals surface area contributed by atoms with Crippen molar-refractivity contribution < 1.29 is 9.90 Å². The lowest BCUT2D eigenvalue weighted by atomic mass is 10.1. The van der Waals surface area contributed by atoms with Gasteiger partial charge in [0.25, 0.3) is 0 Å². The van der Waals surface area contributed by atoms with Crippen molar-refractivity contribution >= 4 is 17.7 Å². The molecule has 5 heteroatoms. The molecular formula is C13H26N2O2S. The number of carbonyl (C=O) groups is 1. The highest BCUT2D eigenvalue weighted by atomic mass is 32.2. The molecule has 0 radical (unpaired) electrons. The molecule has 0 bridgehead atoms. The average molecular weight is 274 g/mol. The zero-order chi connectivity index (χ0) is 13.4. The number of hydrogen-bond acceptors (Lipinski definition) is 4. The molecule has 1 N–H and O–H groups in total. The predicted molar refractivity (Wildman–Crippen MR) is 77.3 cm³/mol. The van der Waals surface area contributed by atoms with Crippen LogP contribution in [0.5, 0.6) is 0 Å². The first-order valence-corrected chi connectivity index (χ1v) is 7.83. The van der Waals surface area contributed by atoms with Gasteiger partial charge in [-0.15, -0.1) is 0 Å². The zero-order valence-electron chi connectivity index (χ0n) is 11.6.